The maximum Gasteiger partial charge on any atom is 0.256 e. The Morgan fingerprint density at radius 2 is 2.07 bits per heavy atom. The standard InChI is InChI=1S/C10H17NO2S/c1-7-8(2)13-9(11-7)14-6-5-10(3,4)12/h12H,5-6H2,1-4H3. The largest absolute Gasteiger partial charge is 0.437 e. The lowest BCUT2D eigenvalue weighted by Gasteiger charge is -2.15. The van der Waals surface area contributed by atoms with E-state index in [0.29, 0.717) is 5.22 Å². The van der Waals surface area contributed by atoms with E-state index >= 15 is 0 Å². The number of rotatable bonds is 4. The number of hydrogen-bond donors (Lipinski definition) is 1. The number of aryl methyl sites for hydroxylation is 2. The van der Waals surface area contributed by atoms with Crippen LogP contribution < -0.4 is 0 Å². The summed E-state index contributed by atoms with van der Waals surface area (Å²) in [6, 6.07) is 0. The normalized spacial score (nSPS) is 12.1. The van der Waals surface area contributed by atoms with E-state index in [2.05, 4.69) is 4.98 Å². The summed E-state index contributed by atoms with van der Waals surface area (Å²) in [5.41, 5.74) is 0.333. The van der Waals surface area contributed by atoms with Gasteiger partial charge in [-0.3, -0.25) is 0 Å². The number of aliphatic hydroxyl groups is 1. The average molecular weight is 215 g/mol. The molecule has 4 heteroatoms. The summed E-state index contributed by atoms with van der Waals surface area (Å²) in [6.45, 7) is 7.44. The first kappa shape index (κ1) is 11.6. The van der Waals surface area contributed by atoms with E-state index in [0.717, 1.165) is 23.6 Å². The molecule has 0 bridgehead atoms. The molecular formula is C10H17NO2S. The zero-order valence-electron chi connectivity index (χ0n) is 9.13. The Morgan fingerprint density at radius 1 is 1.43 bits per heavy atom. The summed E-state index contributed by atoms with van der Waals surface area (Å²) < 4.78 is 5.40. The van der Waals surface area contributed by atoms with Crippen molar-refractivity contribution in [1.82, 2.24) is 4.98 Å². The van der Waals surface area contributed by atoms with Crippen molar-refractivity contribution in [3.8, 4) is 0 Å². The van der Waals surface area contributed by atoms with Crippen molar-refractivity contribution in [1.29, 1.82) is 0 Å². The summed E-state index contributed by atoms with van der Waals surface area (Å²) in [5, 5.41) is 10.2. The summed E-state index contributed by atoms with van der Waals surface area (Å²) >= 11 is 1.54. The molecule has 0 aliphatic rings. The topological polar surface area (TPSA) is 46.3 Å². The second-order valence-electron chi connectivity index (χ2n) is 4.03. The molecule has 1 aromatic heterocycles. The molecule has 0 aliphatic carbocycles. The minimum absolute atomic E-state index is 0.607. The van der Waals surface area contributed by atoms with Gasteiger partial charge in [-0.05, 0) is 34.1 Å². The lowest BCUT2D eigenvalue weighted by atomic mass is 10.1. The highest BCUT2D eigenvalue weighted by Gasteiger charge is 2.13. The van der Waals surface area contributed by atoms with Crippen LogP contribution in [0.4, 0.5) is 0 Å². The zero-order chi connectivity index (χ0) is 10.8. The molecule has 0 unspecified atom stereocenters. The van der Waals surface area contributed by atoms with E-state index in [-0.39, 0.29) is 0 Å². The fourth-order valence-electron chi connectivity index (χ4n) is 0.893. The van der Waals surface area contributed by atoms with Crippen molar-refractivity contribution in [2.75, 3.05) is 5.75 Å². The van der Waals surface area contributed by atoms with E-state index in [1.807, 2.05) is 13.8 Å². The fourth-order valence-corrected chi connectivity index (χ4v) is 2.05. The second kappa shape index (κ2) is 4.36. The van der Waals surface area contributed by atoms with Crippen LogP contribution in [0.2, 0.25) is 0 Å². The van der Waals surface area contributed by atoms with Crippen LogP contribution in [-0.4, -0.2) is 21.4 Å². The van der Waals surface area contributed by atoms with Crippen molar-refractivity contribution in [3.63, 3.8) is 0 Å². The lowest BCUT2D eigenvalue weighted by molar-refractivity contribution is 0.0777. The van der Waals surface area contributed by atoms with Gasteiger partial charge in [-0.15, -0.1) is 0 Å². The Labute approximate surface area is 88.9 Å². The van der Waals surface area contributed by atoms with Crippen LogP contribution in [0.25, 0.3) is 0 Å². The number of oxazole rings is 1. The van der Waals surface area contributed by atoms with Gasteiger partial charge in [0.2, 0.25) is 0 Å². The summed E-state index contributed by atoms with van der Waals surface area (Å²) in [4.78, 5) is 4.24. The predicted octanol–water partition coefficient (Wildman–Crippen LogP) is 2.54. The molecule has 1 aromatic rings. The van der Waals surface area contributed by atoms with E-state index in [1.54, 1.807) is 25.6 Å². The van der Waals surface area contributed by atoms with Crippen LogP contribution in [-0.2, 0) is 0 Å². The minimum Gasteiger partial charge on any atom is -0.437 e. The molecule has 0 radical (unpaired) electrons. The molecular weight excluding hydrogens is 198 g/mol. The van der Waals surface area contributed by atoms with Crippen molar-refractivity contribution >= 4 is 11.8 Å². The van der Waals surface area contributed by atoms with Crippen LogP contribution in [0.5, 0.6) is 0 Å². The number of aromatic nitrogens is 1. The van der Waals surface area contributed by atoms with Crippen molar-refractivity contribution in [2.24, 2.45) is 0 Å². The minimum atomic E-state index is -0.607. The smallest absolute Gasteiger partial charge is 0.256 e. The molecule has 0 saturated heterocycles. The van der Waals surface area contributed by atoms with Gasteiger partial charge in [0.15, 0.2) is 0 Å². The van der Waals surface area contributed by atoms with Crippen LogP contribution in [0.3, 0.4) is 0 Å². The third-order valence-electron chi connectivity index (χ3n) is 1.95. The third kappa shape index (κ3) is 3.72. The molecule has 0 fully saturated rings. The second-order valence-corrected chi connectivity index (χ2v) is 5.08. The van der Waals surface area contributed by atoms with Crippen molar-refractivity contribution in [3.05, 3.63) is 11.5 Å². The van der Waals surface area contributed by atoms with Crippen molar-refractivity contribution in [2.45, 2.75) is 44.9 Å². The number of nitrogens with zero attached hydrogens (tertiary/aromatic N) is 1. The molecule has 3 nitrogen and oxygen atoms in total. The third-order valence-corrected chi connectivity index (χ3v) is 2.78. The zero-order valence-corrected chi connectivity index (χ0v) is 9.94. The van der Waals surface area contributed by atoms with Gasteiger partial charge in [0.05, 0.1) is 11.3 Å². The quantitative estimate of drug-likeness (QED) is 0.784. The van der Waals surface area contributed by atoms with Crippen LogP contribution >= 0.6 is 11.8 Å². The van der Waals surface area contributed by atoms with Crippen LogP contribution in [0, 0.1) is 13.8 Å². The molecule has 0 atom stereocenters. The van der Waals surface area contributed by atoms with Crippen LogP contribution in [0.1, 0.15) is 31.7 Å². The predicted molar refractivity (Wildman–Crippen MR) is 57.6 cm³/mol. The fraction of sp³-hybridized carbons (Fsp3) is 0.700. The van der Waals surface area contributed by atoms with Gasteiger partial charge in [-0.25, -0.2) is 4.98 Å². The average Bonchev–Trinajstić information content (AvgIpc) is 2.28. The van der Waals surface area contributed by atoms with Gasteiger partial charge in [-0.2, -0.15) is 0 Å². The molecule has 1 N–H and O–H groups in total. The maximum atomic E-state index is 9.49. The SMILES string of the molecule is Cc1nc(SCCC(C)(C)O)oc1C. The summed E-state index contributed by atoms with van der Waals surface area (Å²) in [6.07, 6.45) is 0.734. The Hall–Kier alpha value is -0.480. The molecule has 0 spiro atoms. The molecule has 0 saturated carbocycles. The molecule has 0 aliphatic heterocycles. The van der Waals surface area contributed by atoms with Gasteiger partial charge in [-0.1, -0.05) is 11.8 Å². The highest BCUT2D eigenvalue weighted by Crippen LogP contribution is 2.22. The Balaban J connectivity index is 2.39. The Bertz CT molecular complexity index is 282. The van der Waals surface area contributed by atoms with E-state index in [1.165, 1.54) is 0 Å². The Kier molecular flexibility index (Phi) is 3.61. The first-order valence-electron chi connectivity index (χ1n) is 4.68. The molecule has 1 heterocycles. The first-order chi connectivity index (χ1) is 6.38. The molecule has 80 valence electrons. The monoisotopic (exact) mass is 215 g/mol. The molecule has 14 heavy (non-hydrogen) atoms. The molecule has 1 rings (SSSR count). The van der Waals surface area contributed by atoms with Gasteiger partial charge < -0.3 is 9.52 Å². The van der Waals surface area contributed by atoms with Gasteiger partial charge in [0.1, 0.15) is 5.76 Å². The first-order valence-corrected chi connectivity index (χ1v) is 5.66. The maximum absolute atomic E-state index is 9.49. The van der Waals surface area contributed by atoms with Crippen molar-refractivity contribution < 1.29 is 9.52 Å². The van der Waals surface area contributed by atoms with Gasteiger partial charge in [0.25, 0.3) is 5.22 Å². The summed E-state index contributed by atoms with van der Waals surface area (Å²) in [5.74, 6) is 1.69. The van der Waals surface area contributed by atoms with Crippen LogP contribution in [0.15, 0.2) is 9.64 Å². The van der Waals surface area contributed by atoms with E-state index < -0.39 is 5.60 Å². The van der Waals surface area contributed by atoms with E-state index in [9.17, 15) is 5.11 Å². The van der Waals surface area contributed by atoms with Gasteiger partial charge >= 0.3 is 0 Å². The molecule has 0 aromatic carbocycles. The number of thioether (sulfide) groups is 1. The van der Waals surface area contributed by atoms with E-state index in [4.69, 9.17) is 4.42 Å². The van der Waals surface area contributed by atoms with Gasteiger partial charge in [0, 0.05) is 5.75 Å². The summed E-state index contributed by atoms with van der Waals surface area (Å²) in [7, 11) is 0. The number of hydrogen-bond acceptors (Lipinski definition) is 4. The lowest BCUT2D eigenvalue weighted by Crippen LogP contribution is -2.18. The Morgan fingerprint density at radius 3 is 2.50 bits per heavy atom. The highest BCUT2D eigenvalue weighted by atomic mass is 32.2. The highest BCUT2D eigenvalue weighted by molar-refractivity contribution is 7.99. The molecule has 0 amide bonds.